The summed E-state index contributed by atoms with van der Waals surface area (Å²) in [6.45, 7) is 4.92. The van der Waals surface area contributed by atoms with Crippen LogP contribution >= 0.6 is 0 Å². The van der Waals surface area contributed by atoms with E-state index in [0.717, 1.165) is 5.56 Å². The summed E-state index contributed by atoms with van der Waals surface area (Å²) in [5.74, 6) is -1.00. The predicted molar refractivity (Wildman–Crippen MR) is 87.1 cm³/mol. The van der Waals surface area contributed by atoms with E-state index in [-0.39, 0.29) is 24.3 Å². The molecule has 1 aromatic rings. The van der Waals surface area contributed by atoms with Crippen molar-refractivity contribution >= 4 is 27.5 Å². The van der Waals surface area contributed by atoms with Gasteiger partial charge < -0.3 is 4.74 Å². The molecule has 1 aromatic carbocycles. The molecule has 23 heavy (non-hydrogen) atoms. The fourth-order valence-corrected chi connectivity index (χ4v) is 3.93. The minimum Gasteiger partial charge on any atom is -0.457 e. The maximum absolute atomic E-state index is 12.1. The number of benzene rings is 1. The second-order valence-electron chi connectivity index (χ2n) is 6.14. The molecule has 1 atom stereocenters. The van der Waals surface area contributed by atoms with Crippen molar-refractivity contribution in [2.75, 3.05) is 17.2 Å². The third-order valence-electron chi connectivity index (χ3n) is 3.73. The van der Waals surface area contributed by atoms with E-state index in [0.29, 0.717) is 17.7 Å². The molecule has 0 bridgehead atoms. The highest BCUT2D eigenvalue weighted by Crippen LogP contribution is 2.34. The Hall–Kier alpha value is -1.89. The first kappa shape index (κ1) is 17.5. The largest absolute Gasteiger partial charge is 0.457 e. The van der Waals surface area contributed by atoms with E-state index >= 15 is 0 Å². The molecule has 1 aliphatic heterocycles. The monoisotopic (exact) mass is 339 g/mol. The highest BCUT2D eigenvalue weighted by molar-refractivity contribution is 7.92. The van der Waals surface area contributed by atoms with Gasteiger partial charge in [0, 0.05) is 11.6 Å². The zero-order valence-electron chi connectivity index (χ0n) is 13.7. The lowest BCUT2D eigenvalue weighted by Gasteiger charge is -2.21. The van der Waals surface area contributed by atoms with Crippen molar-refractivity contribution in [2.24, 2.45) is 5.92 Å². The van der Waals surface area contributed by atoms with E-state index in [4.69, 9.17) is 4.74 Å². The third-order valence-corrected chi connectivity index (χ3v) is 5.00. The summed E-state index contributed by atoms with van der Waals surface area (Å²) in [6.07, 6.45) is 1.72. The number of ether oxygens (including phenoxy) is 1. The molecule has 0 N–H and O–H groups in total. The molecule has 0 aliphatic carbocycles. The summed E-state index contributed by atoms with van der Waals surface area (Å²) in [5, 5.41) is 0. The first-order chi connectivity index (χ1) is 10.6. The molecule has 0 saturated heterocycles. The van der Waals surface area contributed by atoms with Crippen LogP contribution in [0.3, 0.4) is 0 Å². The second-order valence-corrected chi connectivity index (χ2v) is 8.00. The number of anilines is 1. The molecule has 7 heteroatoms. The van der Waals surface area contributed by atoms with Crippen molar-refractivity contribution < 1.29 is 22.7 Å². The highest BCUT2D eigenvalue weighted by Gasteiger charge is 2.32. The summed E-state index contributed by atoms with van der Waals surface area (Å²) in [5.41, 5.74) is 1.84. The van der Waals surface area contributed by atoms with E-state index in [2.05, 4.69) is 0 Å². The van der Waals surface area contributed by atoms with E-state index < -0.39 is 16.0 Å². The molecule has 1 heterocycles. The van der Waals surface area contributed by atoms with Crippen LogP contribution in [0.2, 0.25) is 0 Å². The molecular formula is C16H21NO5S. The van der Waals surface area contributed by atoms with Gasteiger partial charge in [0.05, 0.1) is 17.9 Å². The molecule has 0 spiro atoms. The van der Waals surface area contributed by atoms with Crippen LogP contribution in [-0.2, 0) is 26.0 Å². The Morgan fingerprint density at radius 1 is 1.35 bits per heavy atom. The molecule has 1 aliphatic rings. The van der Waals surface area contributed by atoms with Crippen molar-refractivity contribution in [3.63, 3.8) is 0 Å². The van der Waals surface area contributed by atoms with Crippen LogP contribution in [0.1, 0.15) is 36.7 Å². The average Bonchev–Trinajstić information content (AvgIpc) is 2.78. The first-order valence-corrected chi connectivity index (χ1v) is 9.28. The summed E-state index contributed by atoms with van der Waals surface area (Å²) in [7, 11) is -3.35. The fraction of sp³-hybridized carbons (Fsp3) is 0.500. The Labute approximate surface area is 136 Å². The van der Waals surface area contributed by atoms with Crippen LogP contribution < -0.4 is 4.31 Å². The summed E-state index contributed by atoms with van der Waals surface area (Å²) in [6, 6.07) is 4.71. The lowest BCUT2D eigenvalue weighted by atomic mass is 10.0. The van der Waals surface area contributed by atoms with Crippen molar-refractivity contribution in [1.29, 1.82) is 0 Å². The quantitative estimate of drug-likeness (QED) is 0.603. The Kier molecular flexibility index (Phi) is 4.79. The minimum absolute atomic E-state index is 0.177. The number of ketones is 1. The predicted octanol–water partition coefficient (Wildman–Crippen LogP) is 1.78. The third kappa shape index (κ3) is 3.72. The molecule has 2 rings (SSSR count). The lowest BCUT2D eigenvalue weighted by molar-refractivity contribution is -0.146. The van der Waals surface area contributed by atoms with Crippen molar-refractivity contribution in [3.8, 4) is 0 Å². The van der Waals surface area contributed by atoms with Crippen molar-refractivity contribution in [1.82, 2.24) is 0 Å². The zero-order valence-corrected chi connectivity index (χ0v) is 14.5. The maximum Gasteiger partial charge on any atom is 0.308 e. The smallest absolute Gasteiger partial charge is 0.308 e. The summed E-state index contributed by atoms with van der Waals surface area (Å²) >= 11 is 0. The van der Waals surface area contributed by atoms with Crippen LogP contribution in [-0.4, -0.2) is 39.1 Å². The van der Waals surface area contributed by atoms with Gasteiger partial charge in [0.25, 0.3) is 0 Å². The van der Waals surface area contributed by atoms with Gasteiger partial charge in [0.15, 0.2) is 12.4 Å². The van der Waals surface area contributed by atoms with Crippen LogP contribution in [0.25, 0.3) is 0 Å². The van der Waals surface area contributed by atoms with Gasteiger partial charge in [-0.05, 0) is 37.1 Å². The number of sulfonamides is 1. The standard InChI is InChI=1S/C16H21NO5S/c1-10(2)16(19)22-9-15(18)12-5-6-14-13(8-12)7-11(3)17(14)23(4,20)21/h5-6,8,10-11H,7,9H2,1-4H3/t11-/m1/s1. The van der Waals surface area contributed by atoms with Gasteiger partial charge in [-0.1, -0.05) is 13.8 Å². The molecular weight excluding hydrogens is 318 g/mol. The Morgan fingerprint density at radius 2 is 2.00 bits per heavy atom. The number of fused-ring (bicyclic) bond motifs is 1. The Morgan fingerprint density at radius 3 is 2.57 bits per heavy atom. The minimum atomic E-state index is -3.35. The number of nitrogens with zero attached hydrogens (tertiary/aromatic N) is 1. The Balaban J connectivity index is 2.18. The van der Waals surface area contributed by atoms with Crippen LogP contribution in [0.4, 0.5) is 5.69 Å². The van der Waals surface area contributed by atoms with E-state index in [1.807, 2.05) is 6.92 Å². The highest BCUT2D eigenvalue weighted by atomic mass is 32.2. The molecule has 0 radical (unpaired) electrons. The number of hydrogen-bond acceptors (Lipinski definition) is 5. The van der Waals surface area contributed by atoms with Gasteiger partial charge in [0.1, 0.15) is 0 Å². The normalized spacial score (nSPS) is 17.3. The van der Waals surface area contributed by atoms with Gasteiger partial charge in [-0.25, -0.2) is 8.42 Å². The van der Waals surface area contributed by atoms with Crippen molar-refractivity contribution in [3.05, 3.63) is 29.3 Å². The summed E-state index contributed by atoms with van der Waals surface area (Å²) < 4.78 is 30.0. The fourth-order valence-electron chi connectivity index (χ4n) is 2.67. The number of esters is 1. The number of carbonyl (C=O) groups is 2. The van der Waals surface area contributed by atoms with E-state index in [1.54, 1.807) is 32.0 Å². The average molecular weight is 339 g/mol. The van der Waals surface area contributed by atoms with Gasteiger partial charge >= 0.3 is 5.97 Å². The van der Waals surface area contributed by atoms with E-state index in [1.165, 1.54) is 10.6 Å². The van der Waals surface area contributed by atoms with Gasteiger partial charge in [-0.2, -0.15) is 0 Å². The molecule has 0 amide bonds. The molecule has 0 saturated carbocycles. The van der Waals surface area contributed by atoms with Crippen LogP contribution in [0, 0.1) is 5.92 Å². The molecule has 126 valence electrons. The van der Waals surface area contributed by atoms with Crippen molar-refractivity contribution in [2.45, 2.75) is 33.2 Å². The summed E-state index contributed by atoms with van der Waals surface area (Å²) in [4.78, 5) is 23.5. The molecule has 0 unspecified atom stereocenters. The lowest BCUT2D eigenvalue weighted by Crippen LogP contribution is -2.34. The Bertz CT molecular complexity index is 739. The molecule has 0 fully saturated rings. The maximum atomic E-state index is 12.1. The topological polar surface area (TPSA) is 80.8 Å². The molecule has 6 nitrogen and oxygen atoms in total. The number of hydrogen-bond donors (Lipinski definition) is 0. The number of Topliss-reactive ketones (excluding diaryl/α,β-unsaturated/α-hetero) is 1. The van der Waals surface area contributed by atoms with Crippen LogP contribution in [0.15, 0.2) is 18.2 Å². The first-order valence-electron chi connectivity index (χ1n) is 7.43. The molecule has 0 aromatic heterocycles. The van der Waals surface area contributed by atoms with E-state index in [9.17, 15) is 18.0 Å². The van der Waals surface area contributed by atoms with Gasteiger partial charge in [-0.3, -0.25) is 13.9 Å². The number of rotatable bonds is 5. The SMILES string of the molecule is CC(C)C(=O)OCC(=O)c1ccc2c(c1)C[C@@H](C)N2S(C)(=O)=O. The van der Waals surface area contributed by atoms with Gasteiger partial charge in [0.2, 0.25) is 10.0 Å². The van der Waals surface area contributed by atoms with Gasteiger partial charge in [-0.15, -0.1) is 0 Å². The van der Waals surface area contributed by atoms with Crippen LogP contribution in [0.5, 0.6) is 0 Å². The number of carbonyl (C=O) groups excluding carboxylic acids is 2. The second kappa shape index (κ2) is 6.31. The zero-order chi connectivity index (χ0) is 17.4.